The summed E-state index contributed by atoms with van der Waals surface area (Å²) in [6.45, 7) is 6.32. The predicted octanol–water partition coefficient (Wildman–Crippen LogP) is 2.48. The molecular formula is C15H21NO3. The molecule has 19 heavy (non-hydrogen) atoms. The number of carbonyl (C=O) groups is 2. The van der Waals surface area contributed by atoms with Crippen LogP contribution in [0.2, 0.25) is 0 Å². The fourth-order valence-electron chi connectivity index (χ4n) is 1.58. The molecule has 0 aliphatic heterocycles. The number of carboxylic acids is 1. The van der Waals surface area contributed by atoms with Crippen LogP contribution < -0.4 is 5.32 Å². The zero-order chi connectivity index (χ0) is 14.5. The van der Waals surface area contributed by atoms with Crippen LogP contribution in [0.1, 0.15) is 43.1 Å². The van der Waals surface area contributed by atoms with Crippen LogP contribution in [0.25, 0.3) is 0 Å². The summed E-state index contributed by atoms with van der Waals surface area (Å²) in [7, 11) is 0. The standard InChI is InChI=1S/C15H21NO3/c1-4-15(2,3)14(19)16-9-8-11-6-5-7-12(10-11)13(17)18/h5-7,10H,4,8-9H2,1-3H3,(H,16,19)(H,17,18). The van der Waals surface area contributed by atoms with Crippen LogP contribution in [0.4, 0.5) is 0 Å². The molecule has 0 fully saturated rings. The van der Waals surface area contributed by atoms with Crippen LogP contribution in [0.15, 0.2) is 24.3 Å². The zero-order valence-electron chi connectivity index (χ0n) is 11.7. The fraction of sp³-hybridized carbons (Fsp3) is 0.467. The molecule has 0 atom stereocenters. The quantitative estimate of drug-likeness (QED) is 0.828. The van der Waals surface area contributed by atoms with Crippen molar-refractivity contribution in [1.82, 2.24) is 5.32 Å². The normalized spacial score (nSPS) is 11.1. The van der Waals surface area contributed by atoms with E-state index in [1.54, 1.807) is 18.2 Å². The van der Waals surface area contributed by atoms with Crippen molar-refractivity contribution >= 4 is 11.9 Å². The Bertz CT molecular complexity index is 466. The summed E-state index contributed by atoms with van der Waals surface area (Å²) in [5.74, 6) is -0.901. The number of nitrogens with one attached hydrogen (secondary N) is 1. The molecule has 0 aliphatic carbocycles. The van der Waals surface area contributed by atoms with Gasteiger partial charge in [0.15, 0.2) is 0 Å². The van der Waals surface area contributed by atoms with Crippen molar-refractivity contribution in [3.05, 3.63) is 35.4 Å². The van der Waals surface area contributed by atoms with Gasteiger partial charge in [0.2, 0.25) is 5.91 Å². The maximum Gasteiger partial charge on any atom is 0.335 e. The van der Waals surface area contributed by atoms with Gasteiger partial charge in [-0.25, -0.2) is 4.79 Å². The summed E-state index contributed by atoms with van der Waals surface area (Å²) < 4.78 is 0. The average Bonchev–Trinajstić information content (AvgIpc) is 2.38. The number of amides is 1. The molecule has 2 N–H and O–H groups in total. The van der Waals surface area contributed by atoms with E-state index in [0.717, 1.165) is 12.0 Å². The Kier molecular flexibility index (Phi) is 5.10. The van der Waals surface area contributed by atoms with Crippen molar-refractivity contribution in [3.63, 3.8) is 0 Å². The van der Waals surface area contributed by atoms with Gasteiger partial charge in [-0.3, -0.25) is 4.79 Å². The highest BCUT2D eigenvalue weighted by molar-refractivity contribution is 5.87. The summed E-state index contributed by atoms with van der Waals surface area (Å²) in [5, 5.41) is 11.8. The molecule has 0 unspecified atom stereocenters. The molecule has 4 nitrogen and oxygen atoms in total. The number of rotatable bonds is 6. The van der Waals surface area contributed by atoms with Gasteiger partial charge in [0.25, 0.3) is 0 Å². The van der Waals surface area contributed by atoms with Gasteiger partial charge >= 0.3 is 5.97 Å². The number of hydrogen-bond donors (Lipinski definition) is 2. The maximum absolute atomic E-state index is 11.9. The average molecular weight is 263 g/mol. The summed E-state index contributed by atoms with van der Waals surface area (Å²) in [4.78, 5) is 22.7. The first-order valence-corrected chi connectivity index (χ1v) is 6.47. The molecule has 104 valence electrons. The van der Waals surface area contributed by atoms with Gasteiger partial charge < -0.3 is 10.4 Å². The summed E-state index contributed by atoms with van der Waals surface area (Å²) >= 11 is 0. The molecule has 0 aliphatic rings. The van der Waals surface area contributed by atoms with Crippen molar-refractivity contribution in [2.24, 2.45) is 5.41 Å². The molecule has 1 amide bonds. The number of carboxylic acid groups (broad SMARTS) is 1. The minimum absolute atomic E-state index is 0.0318. The van der Waals surface area contributed by atoms with Gasteiger partial charge in [-0.2, -0.15) is 0 Å². The lowest BCUT2D eigenvalue weighted by atomic mass is 9.89. The van der Waals surface area contributed by atoms with Gasteiger partial charge in [-0.05, 0) is 30.5 Å². The van der Waals surface area contributed by atoms with Gasteiger partial charge in [-0.15, -0.1) is 0 Å². The number of benzene rings is 1. The molecule has 0 aromatic heterocycles. The van der Waals surface area contributed by atoms with E-state index in [2.05, 4.69) is 5.32 Å². The summed E-state index contributed by atoms with van der Waals surface area (Å²) in [5.41, 5.74) is 0.829. The number of carbonyl (C=O) groups excluding carboxylic acids is 1. The van der Waals surface area contributed by atoms with Crippen molar-refractivity contribution in [2.75, 3.05) is 6.54 Å². The number of aromatic carboxylic acids is 1. The Hall–Kier alpha value is -1.84. The highest BCUT2D eigenvalue weighted by Gasteiger charge is 2.24. The monoisotopic (exact) mass is 263 g/mol. The predicted molar refractivity (Wildman–Crippen MR) is 74.2 cm³/mol. The largest absolute Gasteiger partial charge is 0.478 e. The Balaban J connectivity index is 2.52. The van der Waals surface area contributed by atoms with Gasteiger partial charge in [0.1, 0.15) is 0 Å². The van der Waals surface area contributed by atoms with Crippen LogP contribution >= 0.6 is 0 Å². The van der Waals surface area contributed by atoms with Crippen LogP contribution in [-0.2, 0) is 11.2 Å². The lowest BCUT2D eigenvalue weighted by molar-refractivity contribution is -0.129. The highest BCUT2D eigenvalue weighted by Crippen LogP contribution is 2.19. The van der Waals surface area contributed by atoms with Crippen molar-refractivity contribution in [1.29, 1.82) is 0 Å². The van der Waals surface area contributed by atoms with E-state index in [4.69, 9.17) is 5.11 Å². The van der Waals surface area contributed by atoms with Gasteiger partial charge in [-0.1, -0.05) is 32.9 Å². The SMILES string of the molecule is CCC(C)(C)C(=O)NCCc1cccc(C(=O)O)c1. The summed E-state index contributed by atoms with van der Waals surface area (Å²) in [6, 6.07) is 6.78. The molecule has 4 heteroatoms. The third-order valence-corrected chi connectivity index (χ3v) is 3.37. The van der Waals surface area contributed by atoms with Crippen molar-refractivity contribution < 1.29 is 14.7 Å². The molecule has 1 aromatic carbocycles. The molecule has 0 saturated carbocycles. The summed E-state index contributed by atoms with van der Waals surface area (Å²) in [6.07, 6.45) is 1.42. The second-order valence-electron chi connectivity index (χ2n) is 5.25. The van der Waals surface area contributed by atoms with Crippen molar-refractivity contribution in [3.8, 4) is 0 Å². The lowest BCUT2D eigenvalue weighted by Crippen LogP contribution is -2.37. The molecular weight excluding hydrogens is 242 g/mol. The molecule has 0 bridgehead atoms. The molecule has 1 aromatic rings. The van der Waals surface area contributed by atoms with Gasteiger partial charge in [0.05, 0.1) is 5.56 Å². The lowest BCUT2D eigenvalue weighted by Gasteiger charge is -2.21. The molecule has 0 heterocycles. The van der Waals surface area contributed by atoms with E-state index in [9.17, 15) is 9.59 Å². The van der Waals surface area contributed by atoms with E-state index in [1.807, 2.05) is 26.8 Å². The van der Waals surface area contributed by atoms with Crippen LogP contribution in [0, 0.1) is 5.41 Å². The first-order chi connectivity index (χ1) is 8.86. The molecule has 1 rings (SSSR count). The second-order valence-corrected chi connectivity index (χ2v) is 5.25. The van der Waals surface area contributed by atoms with E-state index in [-0.39, 0.29) is 16.9 Å². The minimum Gasteiger partial charge on any atom is -0.478 e. The van der Waals surface area contributed by atoms with E-state index >= 15 is 0 Å². The highest BCUT2D eigenvalue weighted by atomic mass is 16.4. The maximum atomic E-state index is 11.9. The van der Waals surface area contributed by atoms with Crippen LogP contribution in [0.5, 0.6) is 0 Å². The first-order valence-electron chi connectivity index (χ1n) is 6.47. The molecule has 0 spiro atoms. The van der Waals surface area contributed by atoms with Crippen LogP contribution in [0.3, 0.4) is 0 Å². The molecule has 0 radical (unpaired) electrons. The Labute approximate surface area is 113 Å². The van der Waals surface area contributed by atoms with E-state index < -0.39 is 5.97 Å². The smallest absolute Gasteiger partial charge is 0.335 e. The van der Waals surface area contributed by atoms with E-state index in [0.29, 0.717) is 13.0 Å². The Morgan fingerprint density at radius 2 is 2.00 bits per heavy atom. The first kappa shape index (κ1) is 15.2. The molecule has 0 saturated heterocycles. The second kappa shape index (κ2) is 6.36. The third-order valence-electron chi connectivity index (χ3n) is 3.37. The Morgan fingerprint density at radius 3 is 2.58 bits per heavy atom. The fourth-order valence-corrected chi connectivity index (χ4v) is 1.58. The van der Waals surface area contributed by atoms with Gasteiger partial charge in [0, 0.05) is 12.0 Å². The van der Waals surface area contributed by atoms with E-state index in [1.165, 1.54) is 0 Å². The van der Waals surface area contributed by atoms with Crippen LogP contribution in [-0.4, -0.2) is 23.5 Å². The number of hydrogen-bond acceptors (Lipinski definition) is 2. The Morgan fingerprint density at radius 1 is 1.32 bits per heavy atom. The topological polar surface area (TPSA) is 66.4 Å². The van der Waals surface area contributed by atoms with Crippen molar-refractivity contribution in [2.45, 2.75) is 33.6 Å². The third kappa shape index (κ3) is 4.39. The minimum atomic E-state index is -0.932. The zero-order valence-corrected chi connectivity index (χ0v) is 11.7.